The van der Waals surface area contributed by atoms with Gasteiger partial charge in [0.15, 0.2) is 0 Å². The van der Waals surface area contributed by atoms with Crippen LogP contribution in [0.3, 0.4) is 0 Å². The lowest BCUT2D eigenvalue weighted by atomic mass is 10.3. The van der Waals surface area contributed by atoms with Crippen LogP contribution in [0.5, 0.6) is 6.01 Å². The van der Waals surface area contributed by atoms with Gasteiger partial charge in [-0.1, -0.05) is 6.92 Å². The lowest BCUT2D eigenvalue weighted by Crippen LogP contribution is -2.09. The summed E-state index contributed by atoms with van der Waals surface area (Å²) >= 11 is 0. The van der Waals surface area contributed by atoms with Gasteiger partial charge < -0.3 is 10.5 Å². The Kier molecular flexibility index (Phi) is 3.17. The fraction of sp³-hybridized carbons (Fsp3) is 0.400. The van der Waals surface area contributed by atoms with Crippen molar-refractivity contribution in [2.75, 3.05) is 12.8 Å². The van der Waals surface area contributed by atoms with Crippen LogP contribution in [0.15, 0.2) is 12.4 Å². The number of nitrogens with two attached hydrogens (primary N) is 1. The predicted molar refractivity (Wildman–Crippen MR) is 61.9 cm³/mol. The summed E-state index contributed by atoms with van der Waals surface area (Å²) in [6.07, 6.45) is 5.34. The second kappa shape index (κ2) is 4.77. The standard InChI is InChI=1S/C10H14N6O/c1-3-4-7-12-5-6-16(7)9-13-8(11)14-10(15-9)17-2/h5-6H,3-4H2,1-2H3,(H2,11,13,14,15). The van der Waals surface area contributed by atoms with Crippen molar-refractivity contribution in [3.63, 3.8) is 0 Å². The van der Waals surface area contributed by atoms with E-state index in [1.54, 1.807) is 17.0 Å². The van der Waals surface area contributed by atoms with E-state index in [4.69, 9.17) is 10.5 Å². The third kappa shape index (κ3) is 2.32. The molecule has 0 spiro atoms. The summed E-state index contributed by atoms with van der Waals surface area (Å²) in [6.45, 7) is 2.08. The molecule has 0 unspecified atom stereocenters. The van der Waals surface area contributed by atoms with Gasteiger partial charge in [0.25, 0.3) is 0 Å². The molecule has 7 nitrogen and oxygen atoms in total. The Labute approximate surface area is 98.7 Å². The molecule has 0 radical (unpaired) electrons. The normalized spacial score (nSPS) is 10.5. The number of anilines is 1. The average Bonchev–Trinajstić information content (AvgIpc) is 2.77. The van der Waals surface area contributed by atoms with Crippen LogP contribution >= 0.6 is 0 Å². The van der Waals surface area contributed by atoms with Crippen molar-refractivity contribution in [3.8, 4) is 12.0 Å². The van der Waals surface area contributed by atoms with Crippen LogP contribution in [0.1, 0.15) is 19.2 Å². The molecule has 0 bridgehead atoms. The molecule has 17 heavy (non-hydrogen) atoms. The molecule has 0 aliphatic rings. The molecular formula is C10H14N6O. The van der Waals surface area contributed by atoms with Crippen molar-refractivity contribution < 1.29 is 4.74 Å². The molecule has 0 atom stereocenters. The van der Waals surface area contributed by atoms with Crippen LogP contribution in [0, 0.1) is 0 Å². The SMILES string of the molecule is CCCc1nccn1-c1nc(N)nc(OC)n1. The quantitative estimate of drug-likeness (QED) is 0.832. The van der Waals surface area contributed by atoms with Gasteiger partial charge in [-0.3, -0.25) is 4.57 Å². The maximum atomic E-state index is 5.59. The zero-order valence-electron chi connectivity index (χ0n) is 9.79. The molecule has 2 rings (SSSR count). The molecule has 0 aromatic carbocycles. The van der Waals surface area contributed by atoms with Gasteiger partial charge in [0.2, 0.25) is 11.9 Å². The van der Waals surface area contributed by atoms with E-state index in [2.05, 4.69) is 26.9 Å². The monoisotopic (exact) mass is 234 g/mol. The number of hydrogen-bond acceptors (Lipinski definition) is 6. The van der Waals surface area contributed by atoms with Gasteiger partial charge in [-0.25, -0.2) is 4.98 Å². The molecule has 2 N–H and O–H groups in total. The summed E-state index contributed by atoms with van der Waals surface area (Å²) in [5.74, 6) is 1.44. The molecule has 2 heterocycles. The van der Waals surface area contributed by atoms with Crippen molar-refractivity contribution in [1.29, 1.82) is 0 Å². The zero-order chi connectivity index (χ0) is 12.3. The van der Waals surface area contributed by atoms with E-state index < -0.39 is 0 Å². The summed E-state index contributed by atoms with van der Waals surface area (Å²) in [6, 6.07) is 0.198. The number of ether oxygens (including phenoxy) is 1. The van der Waals surface area contributed by atoms with Crippen molar-refractivity contribution in [2.45, 2.75) is 19.8 Å². The molecule has 0 saturated carbocycles. The number of aryl methyl sites for hydroxylation is 1. The lowest BCUT2D eigenvalue weighted by molar-refractivity contribution is 0.378. The molecule has 0 aliphatic carbocycles. The third-order valence-electron chi connectivity index (χ3n) is 2.21. The Balaban J connectivity index is 2.44. The van der Waals surface area contributed by atoms with Gasteiger partial charge in [-0.2, -0.15) is 15.0 Å². The van der Waals surface area contributed by atoms with E-state index in [0.29, 0.717) is 5.95 Å². The highest BCUT2D eigenvalue weighted by Crippen LogP contribution is 2.11. The Morgan fingerprint density at radius 2 is 2.18 bits per heavy atom. The minimum Gasteiger partial charge on any atom is -0.467 e. The lowest BCUT2D eigenvalue weighted by Gasteiger charge is -2.06. The molecule has 0 fully saturated rings. The Hall–Kier alpha value is -2.18. The Morgan fingerprint density at radius 1 is 1.35 bits per heavy atom. The number of nitrogens with zero attached hydrogens (tertiary/aromatic N) is 5. The van der Waals surface area contributed by atoms with E-state index in [1.807, 2.05) is 0 Å². The third-order valence-corrected chi connectivity index (χ3v) is 2.21. The van der Waals surface area contributed by atoms with Crippen molar-refractivity contribution in [3.05, 3.63) is 18.2 Å². The van der Waals surface area contributed by atoms with E-state index in [1.165, 1.54) is 7.11 Å². The fourth-order valence-electron chi connectivity index (χ4n) is 1.49. The van der Waals surface area contributed by atoms with Crippen molar-refractivity contribution >= 4 is 5.95 Å². The fourth-order valence-corrected chi connectivity index (χ4v) is 1.49. The first-order valence-electron chi connectivity index (χ1n) is 5.32. The highest BCUT2D eigenvalue weighted by atomic mass is 16.5. The number of methoxy groups -OCH3 is 1. The van der Waals surface area contributed by atoms with E-state index in [0.717, 1.165) is 18.7 Å². The van der Waals surface area contributed by atoms with Crippen molar-refractivity contribution in [1.82, 2.24) is 24.5 Å². The molecule has 0 amide bonds. The summed E-state index contributed by atoms with van der Waals surface area (Å²) in [5.41, 5.74) is 5.59. The molecule has 0 aliphatic heterocycles. The highest BCUT2D eigenvalue weighted by Gasteiger charge is 2.10. The summed E-state index contributed by atoms with van der Waals surface area (Å²) in [7, 11) is 1.49. The summed E-state index contributed by atoms with van der Waals surface area (Å²) in [5, 5.41) is 0. The zero-order valence-corrected chi connectivity index (χ0v) is 9.79. The molecule has 2 aromatic heterocycles. The van der Waals surface area contributed by atoms with Gasteiger partial charge in [0, 0.05) is 18.8 Å². The van der Waals surface area contributed by atoms with Crippen LogP contribution < -0.4 is 10.5 Å². The first kappa shape index (κ1) is 11.3. The molecular weight excluding hydrogens is 220 g/mol. The summed E-state index contributed by atoms with van der Waals surface area (Å²) < 4.78 is 6.74. The van der Waals surface area contributed by atoms with Gasteiger partial charge >= 0.3 is 6.01 Å². The summed E-state index contributed by atoms with van der Waals surface area (Å²) in [4.78, 5) is 16.3. The first-order chi connectivity index (χ1) is 8.24. The topological polar surface area (TPSA) is 91.7 Å². The number of hydrogen-bond donors (Lipinski definition) is 1. The van der Waals surface area contributed by atoms with Crippen LogP contribution in [0.4, 0.5) is 5.95 Å². The molecule has 7 heteroatoms. The van der Waals surface area contributed by atoms with Gasteiger partial charge in [0.05, 0.1) is 7.11 Å². The maximum Gasteiger partial charge on any atom is 0.322 e. The van der Waals surface area contributed by atoms with E-state index in [9.17, 15) is 0 Å². The van der Waals surface area contributed by atoms with E-state index in [-0.39, 0.29) is 12.0 Å². The van der Waals surface area contributed by atoms with Gasteiger partial charge in [-0.05, 0) is 6.42 Å². The first-order valence-corrected chi connectivity index (χ1v) is 5.32. The number of imidazole rings is 1. The van der Waals surface area contributed by atoms with Crippen LogP contribution in [-0.2, 0) is 6.42 Å². The minimum atomic E-state index is 0.128. The van der Waals surface area contributed by atoms with E-state index >= 15 is 0 Å². The molecule has 2 aromatic rings. The smallest absolute Gasteiger partial charge is 0.322 e. The molecule has 90 valence electrons. The van der Waals surface area contributed by atoms with Crippen molar-refractivity contribution in [2.24, 2.45) is 0 Å². The minimum absolute atomic E-state index is 0.128. The van der Waals surface area contributed by atoms with Crippen LogP contribution in [0.2, 0.25) is 0 Å². The predicted octanol–water partition coefficient (Wildman–Crippen LogP) is 0.601. The number of aromatic nitrogens is 5. The Morgan fingerprint density at radius 3 is 2.88 bits per heavy atom. The van der Waals surface area contributed by atoms with Crippen LogP contribution in [0.25, 0.3) is 5.95 Å². The highest BCUT2D eigenvalue weighted by molar-refractivity contribution is 5.26. The van der Waals surface area contributed by atoms with Gasteiger partial charge in [0.1, 0.15) is 5.82 Å². The second-order valence-electron chi connectivity index (χ2n) is 3.44. The second-order valence-corrected chi connectivity index (χ2v) is 3.44. The van der Waals surface area contributed by atoms with Gasteiger partial charge in [-0.15, -0.1) is 0 Å². The Bertz CT molecular complexity index is 509. The van der Waals surface area contributed by atoms with Crippen LogP contribution in [-0.4, -0.2) is 31.6 Å². The number of rotatable bonds is 4. The largest absolute Gasteiger partial charge is 0.467 e. The maximum absolute atomic E-state index is 5.59. The molecule has 0 saturated heterocycles. The number of nitrogen functional groups attached to an aromatic ring is 1. The average molecular weight is 234 g/mol.